The Kier molecular flexibility index (Phi) is 5.46. The molecule has 1 aromatic heterocycles. The number of rotatable bonds is 7. The van der Waals surface area contributed by atoms with Gasteiger partial charge in [-0.15, -0.1) is 0 Å². The molecule has 7 heteroatoms. The molecule has 0 saturated carbocycles. The third kappa shape index (κ3) is 4.76. The Labute approximate surface area is 101 Å². The highest BCUT2D eigenvalue weighted by Crippen LogP contribution is 2.07. The maximum absolute atomic E-state index is 12.8. The summed E-state index contributed by atoms with van der Waals surface area (Å²) in [5, 5.41) is 3.08. The number of nitrogens with zero attached hydrogens (tertiary/aromatic N) is 1. The maximum Gasteiger partial charge on any atom is 0.242 e. The Balaban J connectivity index is 2.51. The van der Waals surface area contributed by atoms with Crippen molar-refractivity contribution in [2.24, 2.45) is 0 Å². The van der Waals surface area contributed by atoms with Gasteiger partial charge in [-0.3, -0.25) is 4.98 Å². The largest absolute Gasteiger partial charge is 0.317 e. The van der Waals surface area contributed by atoms with Crippen molar-refractivity contribution < 1.29 is 12.8 Å². The first-order valence-electron chi connectivity index (χ1n) is 5.37. The molecule has 0 spiro atoms. The van der Waals surface area contributed by atoms with Gasteiger partial charge in [-0.1, -0.05) is 6.92 Å². The van der Waals surface area contributed by atoms with Crippen molar-refractivity contribution >= 4 is 10.0 Å². The van der Waals surface area contributed by atoms with Gasteiger partial charge in [0.2, 0.25) is 10.0 Å². The van der Waals surface area contributed by atoms with Crippen LogP contribution in [-0.4, -0.2) is 33.0 Å². The van der Waals surface area contributed by atoms with Crippen LogP contribution < -0.4 is 10.0 Å². The smallest absolute Gasteiger partial charge is 0.242 e. The van der Waals surface area contributed by atoms with E-state index in [2.05, 4.69) is 15.0 Å². The van der Waals surface area contributed by atoms with E-state index >= 15 is 0 Å². The van der Waals surface area contributed by atoms with Gasteiger partial charge in [0.05, 0.1) is 6.20 Å². The van der Waals surface area contributed by atoms with E-state index < -0.39 is 15.8 Å². The van der Waals surface area contributed by atoms with Crippen molar-refractivity contribution in [1.82, 2.24) is 15.0 Å². The summed E-state index contributed by atoms with van der Waals surface area (Å²) in [5.41, 5.74) is 0. The Morgan fingerprint density at radius 3 is 2.76 bits per heavy atom. The lowest BCUT2D eigenvalue weighted by molar-refractivity contribution is 0.570. The van der Waals surface area contributed by atoms with Crippen molar-refractivity contribution in [1.29, 1.82) is 0 Å². The third-order valence-corrected chi connectivity index (χ3v) is 3.49. The second-order valence-corrected chi connectivity index (χ2v) is 5.21. The summed E-state index contributed by atoms with van der Waals surface area (Å²) >= 11 is 0. The molecule has 1 rings (SSSR count). The molecule has 0 unspecified atom stereocenters. The summed E-state index contributed by atoms with van der Waals surface area (Å²) in [4.78, 5) is 3.35. The van der Waals surface area contributed by atoms with Crippen LogP contribution in [0.25, 0.3) is 0 Å². The van der Waals surface area contributed by atoms with E-state index in [1.54, 1.807) is 0 Å². The Morgan fingerprint density at radius 2 is 2.12 bits per heavy atom. The molecule has 0 saturated heterocycles. The van der Waals surface area contributed by atoms with Crippen molar-refractivity contribution in [3.8, 4) is 0 Å². The van der Waals surface area contributed by atoms with Gasteiger partial charge in [-0.25, -0.2) is 17.5 Å². The molecule has 0 aliphatic carbocycles. The number of hydrogen-bond donors (Lipinski definition) is 2. The van der Waals surface area contributed by atoms with E-state index in [9.17, 15) is 12.8 Å². The average Bonchev–Trinajstić information content (AvgIpc) is 2.29. The number of hydrogen-bond acceptors (Lipinski definition) is 4. The standard InChI is InChI=1S/C10H16FN3O2S/c1-2-12-4-3-5-14-17(15,16)10-6-9(11)7-13-8-10/h6-8,12,14H,2-5H2,1H3. The minimum atomic E-state index is -3.65. The third-order valence-electron chi connectivity index (χ3n) is 2.06. The molecule has 0 fully saturated rings. The van der Waals surface area contributed by atoms with Crippen LogP contribution in [0.5, 0.6) is 0 Å². The van der Waals surface area contributed by atoms with E-state index in [1.807, 2.05) is 6.92 Å². The average molecular weight is 261 g/mol. The normalized spacial score (nSPS) is 11.6. The fourth-order valence-electron chi connectivity index (χ4n) is 1.22. The fraction of sp³-hybridized carbons (Fsp3) is 0.500. The lowest BCUT2D eigenvalue weighted by Gasteiger charge is -2.06. The van der Waals surface area contributed by atoms with Crippen LogP contribution >= 0.6 is 0 Å². The van der Waals surface area contributed by atoms with Crippen molar-refractivity contribution in [3.63, 3.8) is 0 Å². The van der Waals surface area contributed by atoms with Crippen LogP contribution in [0, 0.1) is 5.82 Å². The highest BCUT2D eigenvalue weighted by atomic mass is 32.2. The molecule has 2 N–H and O–H groups in total. The molecular weight excluding hydrogens is 245 g/mol. The zero-order valence-electron chi connectivity index (χ0n) is 9.61. The van der Waals surface area contributed by atoms with Gasteiger partial charge in [0.1, 0.15) is 10.7 Å². The van der Waals surface area contributed by atoms with Crippen molar-refractivity contribution in [3.05, 3.63) is 24.3 Å². The highest BCUT2D eigenvalue weighted by molar-refractivity contribution is 7.89. The molecule has 0 amide bonds. The first-order chi connectivity index (χ1) is 8.06. The van der Waals surface area contributed by atoms with E-state index in [1.165, 1.54) is 0 Å². The predicted octanol–water partition coefficient (Wildman–Crippen LogP) is 0.499. The first-order valence-corrected chi connectivity index (χ1v) is 6.85. The van der Waals surface area contributed by atoms with Crippen molar-refractivity contribution in [2.45, 2.75) is 18.2 Å². The second kappa shape index (κ2) is 6.63. The minimum Gasteiger partial charge on any atom is -0.317 e. The van der Waals surface area contributed by atoms with Crippen LogP contribution in [0.15, 0.2) is 23.4 Å². The van der Waals surface area contributed by atoms with Gasteiger partial charge in [0.15, 0.2) is 0 Å². The van der Waals surface area contributed by atoms with Crippen LogP contribution in [0.1, 0.15) is 13.3 Å². The minimum absolute atomic E-state index is 0.152. The fourth-order valence-corrected chi connectivity index (χ4v) is 2.27. The highest BCUT2D eigenvalue weighted by Gasteiger charge is 2.14. The molecule has 0 aromatic carbocycles. The maximum atomic E-state index is 12.8. The Bertz CT molecular complexity index is 451. The molecule has 1 heterocycles. The van der Waals surface area contributed by atoms with Crippen LogP contribution in [0.2, 0.25) is 0 Å². The van der Waals surface area contributed by atoms with Crippen molar-refractivity contribution in [2.75, 3.05) is 19.6 Å². The van der Waals surface area contributed by atoms with Gasteiger partial charge in [0.25, 0.3) is 0 Å². The number of nitrogens with one attached hydrogen (secondary N) is 2. The van der Waals surface area contributed by atoms with E-state index in [4.69, 9.17) is 0 Å². The molecular formula is C10H16FN3O2S. The van der Waals surface area contributed by atoms with Gasteiger partial charge < -0.3 is 5.32 Å². The van der Waals surface area contributed by atoms with E-state index in [-0.39, 0.29) is 4.90 Å². The molecule has 0 aliphatic rings. The summed E-state index contributed by atoms with van der Waals surface area (Å²) in [6, 6.07) is 0.944. The molecule has 0 aliphatic heterocycles. The summed E-state index contributed by atoms with van der Waals surface area (Å²) in [5.74, 6) is -0.666. The number of halogens is 1. The molecule has 1 aromatic rings. The summed E-state index contributed by atoms with van der Waals surface area (Å²) < 4.78 is 38.6. The van der Waals surface area contributed by atoms with E-state index in [0.717, 1.165) is 31.5 Å². The van der Waals surface area contributed by atoms with Crippen LogP contribution in [0.4, 0.5) is 4.39 Å². The number of aromatic nitrogens is 1. The Hall–Kier alpha value is -1.05. The van der Waals surface area contributed by atoms with Gasteiger partial charge >= 0.3 is 0 Å². The molecule has 0 bridgehead atoms. The monoisotopic (exact) mass is 261 g/mol. The molecule has 5 nitrogen and oxygen atoms in total. The molecule has 0 radical (unpaired) electrons. The number of pyridine rings is 1. The van der Waals surface area contributed by atoms with Gasteiger partial charge in [0, 0.05) is 12.7 Å². The van der Waals surface area contributed by atoms with E-state index in [0.29, 0.717) is 13.0 Å². The molecule has 96 valence electrons. The molecule has 17 heavy (non-hydrogen) atoms. The zero-order valence-corrected chi connectivity index (χ0v) is 10.4. The van der Waals surface area contributed by atoms with Gasteiger partial charge in [-0.05, 0) is 25.6 Å². The summed E-state index contributed by atoms with van der Waals surface area (Å²) in [6.07, 6.45) is 2.76. The quantitative estimate of drug-likeness (QED) is 0.701. The second-order valence-electron chi connectivity index (χ2n) is 3.44. The Morgan fingerprint density at radius 1 is 1.35 bits per heavy atom. The summed E-state index contributed by atoms with van der Waals surface area (Å²) in [6.45, 7) is 3.87. The van der Waals surface area contributed by atoms with Crippen LogP contribution in [0.3, 0.4) is 0 Å². The summed E-state index contributed by atoms with van der Waals surface area (Å²) in [7, 11) is -3.65. The zero-order chi connectivity index (χ0) is 12.7. The topological polar surface area (TPSA) is 71.1 Å². The first kappa shape index (κ1) is 14.0. The predicted molar refractivity (Wildman–Crippen MR) is 62.5 cm³/mol. The lowest BCUT2D eigenvalue weighted by Crippen LogP contribution is -2.27. The lowest BCUT2D eigenvalue weighted by atomic mass is 10.4. The molecule has 0 atom stereocenters. The SMILES string of the molecule is CCNCCCNS(=O)(=O)c1cncc(F)c1. The van der Waals surface area contributed by atoms with Crippen LogP contribution in [-0.2, 0) is 10.0 Å². The number of sulfonamides is 1. The van der Waals surface area contributed by atoms with Gasteiger partial charge in [-0.2, -0.15) is 0 Å².